The van der Waals surface area contributed by atoms with Crippen molar-refractivity contribution >= 4 is 86.9 Å². The van der Waals surface area contributed by atoms with Gasteiger partial charge < -0.3 is 16.0 Å². The van der Waals surface area contributed by atoms with Gasteiger partial charge in [-0.2, -0.15) is 0 Å². The monoisotopic (exact) mass is 627 g/mol. The lowest BCUT2D eigenvalue weighted by Gasteiger charge is -2.12. The first-order chi connectivity index (χ1) is 17.8. The molecule has 0 bridgehead atoms. The maximum absolute atomic E-state index is 14.5. The third-order valence-electron chi connectivity index (χ3n) is 5.83. The first kappa shape index (κ1) is 28.6. The lowest BCUT2D eigenvalue weighted by Crippen LogP contribution is -2.20. The van der Waals surface area contributed by atoms with Crippen molar-refractivity contribution in [1.82, 2.24) is 0 Å². The SMILES string of the molecule is CNc1c(F)ccc(NC(=O)c2cc(NC(=O)[C@H]3[C@H](c4cc(Cl)c(Cl)c(Cl)c4)C3(Cl)Cl)cc(F)c2F)c1F. The Morgan fingerprint density at radius 3 is 2.11 bits per heavy atom. The molecular formula is C24H14Cl5F4N3O2. The molecule has 14 heteroatoms. The van der Waals surface area contributed by atoms with Gasteiger partial charge in [0.1, 0.15) is 15.8 Å². The van der Waals surface area contributed by atoms with Crippen molar-refractivity contribution in [3.63, 3.8) is 0 Å². The molecule has 0 radical (unpaired) electrons. The van der Waals surface area contributed by atoms with E-state index in [2.05, 4.69) is 16.0 Å². The van der Waals surface area contributed by atoms with Gasteiger partial charge in [-0.3, -0.25) is 9.59 Å². The number of nitrogens with one attached hydrogen (secondary N) is 3. The van der Waals surface area contributed by atoms with Crippen LogP contribution in [0, 0.1) is 29.2 Å². The highest BCUT2D eigenvalue weighted by Gasteiger charge is 2.67. The first-order valence-corrected chi connectivity index (χ1v) is 12.5. The highest BCUT2D eigenvalue weighted by atomic mass is 35.5. The van der Waals surface area contributed by atoms with E-state index in [1.54, 1.807) is 0 Å². The lowest BCUT2D eigenvalue weighted by molar-refractivity contribution is -0.117. The first-order valence-electron chi connectivity index (χ1n) is 10.6. The van der Waals surface area contributed by atoms with Gasteiger partial charge in [0.05, 0.1) is 32.2 Å². The molecule has 200 valence electrons. The van der Waals surface area contributed by atoms with E-state index < -0.39 is 68.2 Å². The Morgan fingerprint density at radius 1 is 0.868 bits per heavy atom. The van der Waals surface area contributed by atoms with E-state index in [4.69, 9.17) is 58.0 Å². The van der Waals surface area contributed by atoms with Crippen LogP contribution < -0.4 is 16.0 Å². The van der Waals surface area contributed by atoms with Crippen molar-refractivity contribution in [2.24, 2.45) is 5.92 Å². The lowest BCUT2D eigenvalue weighted by atomic mass is 10.1. The molecule has 38 heavy (non-hydrogen) atoms. The number of benzene rings is 3. The highest BCUT2D eigenvalue weighted by molar-refractivity contribution is 6.54. The van der Waals surface area contributed by atoms with Gasteiger partial charge in [-0.25, -0.2) is 17.6 Å². The minimum absolute atomic E-state index is 0.101. The molecule has 0 aliphatic heterocycles. The van der Waals surface area contributed by atoms with E-state index in [1.807, 2.05) is 0 Å². The Morgan fingerprint density at radius 2 is 1.50 bits per heavy atom. The second kappa shape index (κ2) is 10.6. The van der Waals surface area contributed by atoms with Crippen LogP contribution in [0.1, 0.15) is 21.8 Å². The summed E-state index contributed by atoms with van der Waals surface area (Å²) in [5, 5.41) is 7.01. The zero-order chi connectivity index (χ0) is 28.1. The molecule has 0 aromatic heterocycles. The maximum Gasteiger partial charge on any atom is 0.258 e. The zero-order valence-electron chi connectivity index (χ0n) is 18.8. The second-order valence-corrected chi connectivity index (χ2v) is 10.9. The van der Waals surface area contributed by atoms with Crippen molar-refractivity contribution in [2.75, 3.05) is 23.0 Å². The van der Waals surface area contributed by atoms with Crippen LogP contribution in [0.4, 0.5) is 34.6 Å². The normalized spacial score (nSPS) is 17.6. The number of halogens is 9. The number of hydrogen-bond acceptors (Lipinski definition) is 3. The number of amides is 2. The topological polar surface area (TPSA) is 70.2 Å². The minimum atomic E-state index is -1.59. The van der Waals surface area contributed by atoms with Gasteiger partial charge in [-0.1, -0.05) is 34.8 Å². The Labute approximate surface area is 238 Å². The van der Waals surface area contributed by atoms with Gasteiger partial charge in [-0.15, -0.1) is 23.2 Å². The second-order valence-electron chi connectivity index (χ2n) is 8.23. The van der Waals surface area contributed by atoms with Gasteiger partial charge in [0.2, 0.25) is 5.91 Å². The summed E-state index contributed by atoms with van der Waals surface area (Å²) in [6.45, 7) is 0. The fraction of sp³-hybridized carbons (Fsp3) is 0.167. The average molecular weight is 630 g/mol. The highest BCUT2D eigenvalue weighted by Crippen LogP contribution is 2.65. The molecule has 3 aromatic rings. The average Bonchev–Trinajstić information content (AvgIpc) is 3.43. The number of alkyl halides is 2. The molecule has 1 aliphatic rings. The van der Waals surface area contributed by atoms with Crippen LogP contribution in [0.25, 0.3) is 0 Å². The van der Waals surface area contributed by atoms with Crippen LogP contribution >= 0.6 is 58.0 Å². The quantitative estimate of drug-likeness (QED) is 0.147. The number of carbonyl (C=O) groups excluding carboxylic acids is 2. The Kier molecular flexibility index (Phi) is 7.99. The largest absolute Gasteiger partial charge is 0.383 e. The van der Waals surface area contributed by atoms with Crippen molar-refractivity contribution in [3.05, 3.63) is 85.9 Å². The molecule has 1 saturated carbocycles. The molecular weight excluding hydrogens is 616 g/mol. The van der Waals surface area contributed by atoms with Crippen LogP contribution in [0.3, 0.4) is 0 Å². The van der Waals surface area contributed by atoms with E-state index in [0.717, 1.165) is 18.2 Å². The van der Waals surface area contributed by atoms with Gasteiger partial charge in [0.15, 0.2) is 17.5 Å². The minimum Gasteiger partial charge on any atom is -0.383 e. The standard InChI is InChI=1S/C24H14Cl5F4N3O2/c1-34-21-13(30)2-3-15(20(21)33)36-22(37)10-6-9(7-14(31)19(10)32)35-23(38)17-16(24(17,28)29)8-4-11(25)18(27)12(26)5-8/h2-7,16-17,34H,1H3,(H,35,38)(H,36,37)/t16-,17+/m0/s1. The van der Waals surface area contributed by atoms with Crippen molar-refractivity contribution < 1.29 is 27.2 Å². The summed E-state index contributed by atoms with van der Waals surface area (Å²) in [6.07, 6.45) is 0. The Bertz CT molecular complexity index is 1460. The summed E-state index contributed by atoms with van der Waals surface area (Å²) < 4.78 is 55.4. The molecule has 0 unspecified atom stereocenters. The van der Waals surface area contributed by atoms with Crippen molar-refractivity contribution in [3.8, 4) is 0 Å². The molecule has 1 aliphatic carbocycles. The van der Waals surface area contributed by atoms with Crippen LogP contribution in [0.5, 0.6) is 0 Å². The zero-order valence-corrected chi connectivity index (χ0v) is 22.6. The summed E-state index contributed by atoms with van der Waals surface area (Å²) in [7, 11) is 1.26. The van der Waals surface area contributed by atoms with Gasteiger partial charge in [0.25, 0.3) is 5.91 Å². The molecule has 3 aromatic carbocycles. The molecule has 4 rings (SSSR count). The fourth-order valence-electron chi connectivity index (χ4n) is 3.94. The van der Waals surface area contributed by atoms with Crippen LogP contribution in [0.2, 0.25) is 15.1 Å². The maximum atomic E-state index is 14.5. The van der Waals surface area contributed by atoms with E-state index >= 15 is 0 Å². The molecule has 1 fully saturated rings. The smallest absolute Gasteiger partial charge is 0.258 e. The molecule has 5 nitrogen and oxygen atoms in total. The van der Waals surface area contributed by atoms with Crippen LogP contribution in [-0.2, 0) is 4.79 Å². The van der Waals surface area contributed by atoms with Crippen LogP contribution in [0.15, 0.2) is 36.4 Å². The molecule has 0 spiro atoms. The summed E-state index contributed by atoms with van der Waals surface area (Å²) in [5.41, 5.74) is -1.78. The summed E-state index contributed by atoms with van der Waals surface area (Å²) in [6, 6.07) is 6.15. The van der Waals surface area contributed by atoms with Crippen molar-refractivity contribution in [2.45, 2.75) is 10.3 Å². The van der Waals surface area contributed by atoms with Gasteiger partial charge in [0, 0.05) is 24.7 Å². The fourth-order valence-corrected chi connectivity index (χ4v) is 5.38. The van der Waals surface area contributed by atoms with Gasteiger partial charge in [-0.05, 0) is 35.9 Å². The predicted molar refractivity (Wildman–Crippen MR) is 141 cm³/mol. The Balaban J connectivity index is 1.57. The van der Waals surface area contributed by atoms with E-state index in [1.165, 1.54) is 19.2 Å². The predicted octanol–water partition coefficient (Wildman–Crippen LogP) is 8.02. The third kappa shape index (κ3) is 5.22. The number of carbonyl (C=O) groups is 2. The summed E-state index contributed by atoms with van der Waals surface area (Å²) >= 11 is 30.7. The third-order valence-corrected chi connectivity index (χ3v) is 7.97. The van der Waals surface area contributed by atoms with Gasteiger partial charge >= 0.3 is 0 Å². The molecule has 0 saturated heterocycles. The van der Waals surface area contributed by atoms with E-state index in [9.17, 15) is 27.2 Å². The number of hydrogen-bond donors (Lipinski definition) is 3. The summed E-state index contributed by atoms with van der Waals surface area (Å²) in [5.74, 6) is -8.99. The van der Waals surface area contributed by atoms with Crippen molar-refractivity contribution in [1.29, 1.82) is 0 Å². The Hall–Kier alpha value is -2.43. The van der Waals surface area contributed by atoms with E-state index in [0.29, 0.717) is 11.6 Å². The van der Waals surface area contributed by atoms with Crippen LogP contribution in [-0.4, -0.2) is 23.2 Å². The number of rotatable bonds is 6. The molecule has 2 amide bonds. The molecule has 3 N–H and O–H groups in total. The molecule has 2 atom stereocenters. The molecule has 0 heterocycles. The number of anilines is 3. The van der Waals surface area contributed by atoms with E-state index in [-0.39, 0.29) is 20.8 Å². The summed E-state index contributed by atoms with van der Waals surface area (Å²) in [4.78, 5) is 25.6.